The van der Waals surface area contributed by atoms with Gasteiger partial charge in [0, 0.05) is 12.4 Å². The fraction of sp³-hybridized carbons (Fsp3) is 0.0417. The molecule has 0 aromatic heterocycles. The number of rotatable bonds is 4. The van der Waals surface area contributed by atoms with Crippen molar-refractivity contribution in [3.63, 3.8) is 0 Å². The summed E-state index contributed by atoms with van der Waals surface area (Å²) in [7, 11) is 0. The normalized spacial score (nSPS) is 12.6. The Hall–Kier alpha value is -3.59. The summed E-state index contributed by atoms with van der Waals surface area (Å²) in [5, 5.41) is 5.07. The highest BCUT2D eigenvalue weighted by atomic mass is 16.5. The standard InChI is InChI=1S/C24H19NO2/c26-24(22-15-20-13-7-8-14-21(20)16-25-17-22)27-23(18-9-3-1-4-10-18)19-11-5-2-6-12-19/h1-17,23,25H. The van der Waals surface area contributed by atoms with Gasteiger partial charge in [0.1, 0.15) is 0 Å². The Morgan fingerprint density at radius 2 is 1.26 bits per heavy atom. The van der Waals surface area contributed by atoms with E-state index in [1.807, 2.05) is 97.2 Å². The molecule has 1 N–H and O–H groups in total. The van der Waals surface area contributed by atoms with Gasteiger partial charge in [0.25, 0.3) is 0 Å². The highest BCUT2D eigenvalue weighted by Gasteiger charge is 2.20. The zero-order chi connectivity index (χ0) is 18.5. The van der Waals surface area contributed by atoms with Crippen LogP contribution in [0, 0.1) is 0 Å². The number of ether oxygens (including phenoxy) is 1. The highest BCUT2D eigenvalue weighted by molar-refractivity contribution is 5.98. The molecule has 0 bridgehead atoms. The number of hydrogen-bond acceptors (Lipinski definition) is 3. The number of carbonyl (C=O) groups is 1. The molecule has 132 valence electrons. The Labute approximate surface area is 157 Å². The van der Waals surface area contributed by atoms with Gasteiger partial charge in [0.2, 0.25) is 0 Å². The van der Waals surface area contributed by atoms with E-state index in [9.17, 15) is 4.79 Å². The second-order valence-electron chi connectivity index (χ2n) is 6.29. The summed E-state index contributed by atoms with van der Waals surface area (Å²) in [6.45, 7) is 0. The Bertz CT molecular complexity index is 1050. The minimum atomic E-state index is -0.461. The molecular weight excluding hydrogens is 334 g/mol. The lowest BCUT2D eigenvalue weighted by Gasteiger charge is -2.19. The molecule has 0 unspecified atom stereocenters. The molecule has 0 saturated carbocycles. The van der Waals surface area contributed by atoms with Crippen molar-refractivity contribution in [3.05, 3.63) is 118 Å². The van der Waals surface area contributed by atoms with Crippen LogP contribution < -0.4 is 15.8 Å². The van der Waals surface area contributed by atoms with Crippen LogP contribution in [0.15, 0.2) is 96.7 Å². The second-order valence-corrected chi connectivity index (χ2v) is 6.29. The molecule has 27 heavy (non-hydrogen) atoms. The molecule has 1 aliphatic heterocycles. The summed E-state index contributed by atoms with van der Waals surface area (Å²) in [4.78, 5) is 12.9. The van der Waals surface area contributed by atoms with Crippen molar-refractivity contribution in [3.8, 4) is 0 Å². The van der Waals surface area contributed by atoms with Crippen molar-refractivity contribution in [2.75, 3.05) is 0 Å². The maximum Gasteiger partial charge on any atom is 0.340 e. The summed E-state index contributed by atoms with van der Waals surface area (Å²) >= 11 is 0. The summed E-state index contributed by atoms with van der Waals surface area (Å²) in [6.07, 6.45) is 4.94. The molecule has 0 radical (unpaired) electrons. The first kappa shape index (κ1) is 16.9. The first-order chi connectivity index (χ1) is 13.3. The fourth-order valence-corrected chi connectivity index (χ4v) is 3.08. The molecular formula is C24H19NO2. The SMILES string of the molecule is O=C(OC(c1ccccc1)c1ccccc1)C1=CNC=c2ccccc2=C1. The van der Waals surface area contributed by atoms with E-state index >= 15 is 0 Å². The van der Waals surface area contributed by atoms with Crippen LogP contribution in [-0.2, 0) is 9.53 Å². The molecule has 4 rings (SSSR count). The van der Waals surface area contributed by atoms with E-state index in [1.165, 1.54) is 0 Å². The van der Waals surface area contributed by atoms with Crippen LogP contribution in [0.25, 0.3) is 12.3 Å². The van der Waals surface area contributed by atoms with Crippen molar-refractivity contribution in [2.45, 2.75) is 6.10 Å². The molecule has 3 nitrogen and oxygen atoms in total. The Morgan fingerprint density at radius 3 is 1.89 bits per heavy atom. The van der Waals surface area contributed by atoms with E-state index in [4.69, 9.17) is 4.74 Å². The van der Waals surface area contributed by atoms with Crippen LogP contribution in [0.4, 0.5) is 0 Å². The Balaban J connectivity index is 1.67. The van der Waals surface area contributed by atoms with Crippen molar-refractivity contribution in [1.82, 2.24) is 5.32 Å². The van der Waals surface area contributed by atoms with E-state index in [2.05, 4.69) is 5.32 Å². The molecule has 0 saturated heterocycles. The number of nitrogens with one attached hydrogen (secondary N) is 1. The van der Waals surface area contributed by atoms with Gasteiger partial charge in [-0.05, 0) is 27.6 Å². The molecule has 3 heteroatoms. The van der Waals surface area contributed by atoms with Gasteiger partial charge < -0.3 is 10.1 Å². The predicted octanol–water partition coefficient (Wildman–Crippen LogP) is 3.03. The van der Waals surface area contributed by atoms with E-state index in [0.29, 0.717) is 5.57 Å². The van der Waals surface area contributed by atoms with Gasteiger partial charge in [-0.1, -0.05) is 84.9 Å². The van der Waals surface area contributed by atoms with E-state index in [-0.39, 0.29) is 5.97 Å². The number of esters is 1. The first-order valence-electron chi connectivity index (χ1n) is 8.85. The predicted molar refractivity (Wildman–Crippen MR) is 107 cm³/mol. The maximum atomic E-state index is 12.9. The number of hydrogen-bond donors (Lipinski definition) is 1. The van der Waals surface area contributed by atoms with E-state index in [1.54, 1.807) is 6.20 Å². The largest absolute Gasteiger partial charge is 0.449 e. The van der Waals surface area contributed by atoms with Gasteiger partial charge in [-0.25, -0.2) is 4.79 Å². The minimum absolute atomic E-state index is 0.370. The lowest BCUT2D eigenvalue weighted by atomic mass is 10.0. The van der Waals surface area contributed by atoms with Crippen LogP contribution in [0.3, 0.4) is 0 Å². The highest BCUT2D eigenvalue weighted by Crippen LogP contribution is 2.27. The van der Waals surface area contributed by atoms with Gasteiger partial charge in [0.05, 0.1) is 5.57 Å². The van der Waals surface area contributed by atoms with Crippen molar-refractivity contribution < 1.29 is 9.53 Å². The van der Waals surface area contributed by atoms with Crippen molar-refractivity contribution in [2.24, 2.45) is 0 Å². The lowest BCUT2D eigenvalue weighted by Crippen LogP contribution is -2.25. The molecule has 0 amide bonds. The quantitative estimate of drug-likeness (QED) is 0.733. The number of fused-ring (bicyclic) bond motifs is 1. The van der Waals surface area contributed by atoms with Crippen LogP contribution in [0.1, 0.15) is 17.2 Å². The molecule has 3 aromatic rings. The fourth-order valence-electron chi connectivity index (χ4n) is 3.08. The molecule has 1 heterocycles. The average Bonchev–Trinajstić information content (AvgIpc) is 2.96. The van der Waals surface area contributed by atoms with Crippen LogP contribution >= 0.6 is 0 Å². The second kappa shape index (κ2) is 7.75. The number of benzene rings is 3. The van der Waals surface area contributed by atoms with Crippen LogP contribution in [0.5, 0.6) is 0 Å². The third-order valence-corrected chi connectivity index (χ3v) is 4.45. The summed E-state index contributed by atoms with van der Waals surface area (Å²) < 4.78 is 5.94. The van der Waals surface area contributed by atoms with E-state index in [0.717, 1.165) is 21.6 Å². The van der Waals surface area contributed by atoms with Crippen molar-refractivity contribution >= 4 is 18.2 Å². The Kier molecular flexibility index (Phi) is 4.84. The minimum Gasteiger partial charge on any atom is -0.449 e. The van der Waals surface area contributed by atoms with Crippen LogP contribution in [-0.4, -0.2) is 5.97 Å². The zero-order valence-electron chi connectivity index (χ0n) is 14.7. The molecule has 3 aromatic carbocycles. The lowest BCUT2D eigenvalue weighted by molar-refractivity contribution is -0.142. The molecule has 0 atom stereocenters. The smallest absolute Gasteiger partial charge is 0.340 e. The summed E-state index contributed by atoms with van der Waals surface area (Å²) in [5.41, 5.74) is 2.35. The van der Waals surface area contributed by atoms with Crippen LogP contribution in [0.2, 0.25) is 0 Å². The number of carbonyl (C=O) groups excluding carboxylic acids is 1. The van der Waals surface area contributed by atoms with Crippen molar-refractivity contribution in [1.29, 1.82) is 0 Å². The average molecular weight is 353 g/mol. The molecule has 1 aliphatic rings. The summed E-state index contributed by atoms with van der Waals surface area (Å²) in [6, 6.07) is 27.5. The topological polar surface area (TPSA) is 38.3 Å². The van der Waals surface area contributed by atoms with Gasteiger partial charge in [0.15, 0.2) is 6.10 Å². The van der Waals surface area contributed by atoms with Gasteiger partial charge in [-0.2, -0.15) is 0 Å². The monoisotopic (exact) mass is 353 g/mol. The van der Waals surface area contributed by atoms with Gasteiger partial charge in [-0.15, -0.1) is 0 Å². The Morgan fingerprint density at radius 1 is 0.704 bits per heavy atom. The first-order valence-corrected chi connectivity index (χ1v) is 8.85. The van der Waals surface area contributed by atoms with Gasteiger partial charge in [-0.3, -0.25) is 0 Å². The third kappa shape index (κ3) is 3.82. The summed E-state index contributed by atoms with van der Waals surface area (Å²) in [5.74, 6) is -0.370. The zero-order valence-corrected chi connectivity index (χ0v) is 14.7. The molecule has 0 aliphatic carbocycles. The maximum absolute atomic E-state index is 12.9. The van der Waals surface area contributed by atoms with Gasteiger partial charge >= 0.3 is 5.97 Å². The molecule has 0 spiro atoms. The molecule has 0 fully saturated rings. The third-order valence-electron chi connectivity index (χ3n) is 4.45. The van der Waals surface area contributed by atoms with E-state index < -0.39 is 6.10 Å².